The van der Waals surface area contributed by atoms with Gasteiger partial charge in [0, 0.05) is 43.9 Å². The highest BCUT2D eigenvalue weighted by Crippen LogP contribution is 2.35. The molecular formula is C18H20N2O. The van der Waals surface area contributed by atoms with Crippen molar-refractivity contribution in [3.63, 3.8) is 0 Å². The minimum Gasteiger partial charge on any atom is -0.300 e. The maximum atomic E-state index is 11.9. The first kappa shape index (κ1) is 14.0. The fourth-order valence-electron chi connectivity index (χ4n) is 3.11. The van der Waals surface area contributed by atoms with Gasteiger partial charge in [-0.15, -0.1) is 0 Å². The highest BCUT2D eigenvalue weighted by molar-refractivity contribution is 5.80. The predicted molar refractivity (Wildman–Crippen MR) is 82.8 cm³/mol. The number of carbonyl (C=O) groups excluding carboxylic acids is 1. The van der Waals surface area contributed by atoms with Gasteiger partial charge in [-0.3, -0.25) is 14.7 Å². The van der Waals surface area contributed by atoms with Crippen LogP contribution in [0.3, 0.4) is 0 Å². The summed E-state index contributed by atoms with van der Waals surface area (Å²) in [6, 6.07) is 14.9. The molecule has 1 aromatic carbocycles. The smallest absolute Gasteiger partial charge is 0.136 e. The molecule has 0 saturated carbocycles. The molecular weight excluding hydrogens is 260 g/mol. The number of benzene rings is 1. The number of pyridine rings is 1. The summed E-state index contributed by atoms with van der Waals surface area (Å²) in [5, 5.41) is 0. The van der Waals surface area contributed by atoms with E-state index in [-0.39, 0.29) is 6.04 Å². The van der Waals surface area contributed by atoms with Gasteiger partial charge >= 0.3 is 0 Å². The lowest BCUT2D eigenvalue weighted by Gasteiger charge is -2.39. The van der Waals surface area contributed by atoms with Crippen molar-refractivity contribution in [3.8, 4) is 0 Å². The topological polar surface area (TPSA) is 33.2 Å². The molecule has 3 heteroatoms. The van der Waals surface area contributed by atoms with E-state index in [1.165, 1.54) is 5.56 Å². The molecule has 1 aliphatic rings. The summed E-state index contributed by atoms with van der Waals surface area (Å²) in [5.41, 5.74) is 2.43. The molecule has 1 aliphatic heterocycles. The summed E-state index contributed by atoms with van der Waals surface area (Å²) >= 11 is 0. The first-order valence-corrected chi connectivity index (χ1v) is 7.48. The molecule has 108 valence electrons. The Morgan fingerprint density at radius 3 is 2.71 bits per heavy atom. The van der Waals surface area contributed by atoms with Crippen LogP contribution in [0.25, 0.3) is 0 Å². The molecule has 2 atom stereocenters. The lowest BCUT2D eigenvalue weighted by molar-refractivity contribution is -0.124. The first-order chi connectivity index (χ1) is 10.3. The molecule has 0 amide bonds. The number of rotatable bonds is 3. The van der Waals surface area contributed by atoms with E-state index >= 15 is 0 Å². The molecule has 1 fully saturated rings. The Bertz CT molecular complexity index is 597. The lowest BCUT2D eigenvalue weighted by Crippen LogP contribution is -2.38. The summed E-state index contributed by atoms with van der Waals surface area (Å²) < 4.78 is 0. The van der Waals surface area contributed by atoms with Gasteiger partial charge in [0.1, 0.15) is 5.78 Å². The average molecular weight is 280 g/mol. The van der Waals surface area contributed by atoms with Gasteiger partial charge in [-0.2, -0.15) is 0 Å². The van der Waals surface area contributed by atoms with Gasteiger partial charge in [0.05, 0.1) is 0 Å². The van der Waals surface area contributed by atoms with Crippen molar-refractivity contribution in [1.29, 1.82) is 0 Å². The third kappa shape index (κ3) is 3.03. The van der Waals surface area contributed by atoms with E-state index in [9.17, 15) is 4.79 Å². The minimum absolute atomic E-state index is 0.134. The number of hydrogen-bond donors (Lipinski definition) is 0. The number of hydrogen-bond acceptors (Lipinski definition) is 3. The summed E-state index contributed by atoms with van der Waals surface area (Å²) in [6.07, 6.45) is 4.89. The molecule has 1 saturated heterocycles. The molecule has 2 heterocycles. The van der Waals surface area contributed by atoms with Crippen LogP contribution in [0.4, 0.5) is 0 Å². The number of aromatic nitrogens is 1. The molecule has 1 aromatic heterocycles. The van der Waals surface area contributed by atoms with Crippen LogP contribution < -0.4 is 0 Å². The Morgan fingerprint density at radius 2 is 2.00 bits per heavy atom. The van der Waals surface area contributed by atoms with Crippen molar-refractivity contribution in [2.75, 3.05) is 6.54 Å². The minimum atomic E-state index is 0.134. The maximum absolute atomic E-state index is 11.9. The van der Waals surface area contributed by atoms with Crippen LogP contribution in [0.15, 0.2) is 54.9 Å². The molecule has 0 radical (unpaired) electrons. The van der Waals surface area contributed by atoms with Crippen molar-refractivity contribution in [3.05, 3.63) is 66.0 Å². The van der Waals surface area contributed by atoms with Gasteiger partial charge in [0.15, 0.2) is 0 Å². The van der Waals surface area contributed by atoms with Crippen LogP contribution in [-0.4, -0.2) is 22.2 Å². The van der Waals surface area contributed by atoms with Crippen LogP contribution >= 0.6 is 0 Å². The fraction of sp³-hybridized carbons (Fsp3) is 0.333. The van der Waals surface area contributed by atoms with Gasteiger partial charge < -0.3 is 0 Å². The summed E-state index contributed by atoms with van der Waals surface area (Å²) in [6.45, 7) is 3.03. The second-order valence-electron chi connectivity index (χ2n) is 5.62. The summed E-state index contributed by atoms with van der Waals surface area (Å²) in [5.74, 6) is 0.348. The SMILES string of the molecule is C[C@@H](c1ccccc1)N1CCC(=O)C[C@H]1c1cccnc1. The number of likely N-dealkylation sites (tertiary alicyclic amines) is 1. The Kier molecular flexibility index (Phi) is 4.11. The van der Waals surface area contributed by atoms with Crippen LogP contribution in [0.5, 0.6) is 0 Å². The number of carbonyl (C=O) groups is 1. The molecule has 3 rings (SSSR count). The summed E-state index contributed by atoms with van der Waals surface area (Å²) in [4.78, 5) is 18.5. The van der Waals surface area contributed by atoms with E-state index in [2.05, 4.69) is 47.1 Å². The lowest BCUT2D eigenvalue weighted by atomic mass is 9.92. The maximum Gasteiger partial charge on any atom is 0.136 e. The zero-order valence-corrected chi connectivity index (χ0v) is 12.3. The highest BCUT2D eigenvalue weighted by atomic mass is 16.1. The van der Waals surface area contributed by atoms with E-state index in [0.29, 0.717) is 24.7 Å². The molecule has 0 N–H and O–H groups in total. The van der Waals surface area contributed by atoms with E-state index in [1.54, 1.807) is 6.20 Å². The van der Waals surface area contributed by atoms with Crippen LogP contribution in [0.2, 0.25) is 0 Å². The predicted octanol–water partition coefficient (Wildman–Crippen LogP) is 3.55. The van der Waals surface area contributed by atoms with Crippen molar-refractivity contribution >= 4 is 5.78 Å². The number of ketones is 1. The van der Waals surface area contributed by atoms with Crippen LogP contribution in [-0.2, 0) is 4.79 Å². The van der Waals surface area contributed by atoms with Gasteiger partial charge in [0.25, 0.3) is 0 Å². The van der Waals surface area contributed by atoms with Crippen molar-refractivity contribution in [1.82, 2.24) is 9.88 Å². The van der Waals surface area contributed by atoms with Crippen LogP contribution in [0, 0.1) is 0 Å². The molecule has 2 aromatic rings. The largest absolute Gasteiger partial charge is 0.300 e. The monoisotopic (exact) mass is 280 g/mol. The highest BCUT2D eigenvalue weighted by Gasteiger charge is 2.31. The normalized spacial score (nSPS) is 21.2. The molecule has 0 bridgehead atoms. The number of Topliss-reactive ketones (excluding diaryl/α,β-unsaturated/α-hetero) is 1. The molecule has 3 nitrogen and oxygen atoms in total. The van der Waals surface area contributed by atoms with Gasteiger partial charge in [-0.25, -0.2) is 0 Å². The fourth-order valence-corrected chi connectivity index (χ4v) is 3.11. The van der Waals surface area contributed by atoms with Crippen molar-refractivity contribution in [2.45, 2.75) is 31.8 Å². The van der Waals surface area contributed by atoms with Crippen molar-refractivity contribution in [2.24, 2.45) is 0 Å². The Labute approximate surface area is 125 Å². The van der Waals surface area contributed by atoms with E-state index in [1.807, 2.05) is 18.3 Å². The molecule has 0 unspecified atom stereocenters. The van der Waals surface area contributed by atoms with Crippen LogP contribution in [0.1, 0.15) is 43.0 Å². The number of piperidine rings is 1. The Balaban J connectivity index is 1.89. The van der Waals surface area contributed by atoms with Gasteiger partial charge in [-0.1, -0.05) is 36.4 Å². The second-order valence-corrected chi connectivity index (χ2v) is 5.62. The standard InChI is InChI=1S/C18H20N2O/c1-14(15-6-3-2-4-7-15)20-11-9-17(21)12-18(20)16-8-5-10-19-13-16/h2-8,10,13-14,18H,9,11-12H2,1H3/t14-,18-/m0/s1. The van der Waals surface area contributed by atoms with E-state index < -0.39 is 0 Å². The third-order valence-electron chi connectivity index (χ3n) is 4.32. The molecule has 21 heavy (non-hydrogen) atoms. The zero-order chi connectivity index (χ0) is 14.7. The van der Waals surface area contributed by atoms with Gasteiger partial charge in [0.2, 0.25) is 0 Å². The number of nitrogens with zero attached hydrogens (tertiary/aromatic N) is 2. The van der Waals surface area contributed by atoms with Gasteiger partial charge in [-0.05, 0) is 24.1 Å². The second kappa shape index (κ2) is 6.19. The third-order valence-corrected chi connectivity index (χ3v) is 4.32. The first-order valence-electron chi connectivity index (χ1n) is 7.48. The van der Waals surface area contributed by atoms with E-state index in [4.69, 9.17) is 0 Å². The average Bonchev–Trinajstić information content (AvgIpc) is 2.56. The molecule has 0 aliphatic carbocycles. The van der Waals surface area contributed by atoms with Crippen molar-refractivity contribution < 1.29 is 4.79 Å². The quantitative estimate of drug-likeness (QED) is 0.862. The summed E-state index contributed by atoms with van der Waals surface area (Å²) in [7, 11) is 0. The Morgan fingerprint density at radius 1 is 1.19 bits per heavy atom. The Hall–Kier alpha value is -2.00. The molecule has 0 spiro atoms. The van der Waals surface area contributed by atoms with E-state index in [0.717, 1.165) is 12.1 Å². The zero-order valence-electron chi connectivity index (χ0n) is 12.3.